The molecule has 0 aliphatic carbocycles. The van der Waals surface area contributed by atoms with Crippen LogP contribution in [-0.2, 0) is 28.6 Å². The number of allylic oxidation sites excluding steroid dienone is 28. The van der Waals surface area contributed by atoms with E-state index in [9.17, 15) is 14.4 Å². The largest absolute Gasteiger partial charge is 0.462 e. The van der Waals surface area contributed by atoms with Gasteiger partial charge in [0.05, 0.1) is 0 Å². The average molecular weight is 1120 g/mol. The van der Waals surface area contributed by atoms with Crippen molar-refractivity contribution in [3.63, 3.8) is 0 Å². The van der Waals surface area contributed by atoms with Crippen molar-refractivity contribution in [2.24, 2.45) is 0 Å². The van der Waals surface area contributed by atoms with Gasteiger partial charge < -0.3 is 14.2 Å². The predicted molar refractivity (Wildman–Crippen MR) is 352 cm³/mol. The summed E-state index contributed by atoms with van der Waals surface area (Å²) in [6.07, 6.45) is 99.3. The molecule has 0 amide bonds. The SMILES string of the molecule is CC/C=C\C/C=C\C/C=C\C/C=C\C/C=C\C/C=C\C/C=C\C/C=C\CCCCCCCCCCC(=O)OCC(COC(=O)CCCCCCC/C=C\C/C=C\C/C=C\CC)OC(=O)CCCCCCC/C=C\C/C=C\C/C=C\CC. The molecular formula is C75H118O6. The van der Waals surface area contributed by atoms with Gasteiger partial charge in [-0.1, -0.05) is 268 Å². The van der Waals surface area contributed by atoms with E-state index in [-0.39, 0.29) is 31.1 Å². The van der Waals surface area contributed by atoms with E-state index >= 15 is 0 Å². The number of rotatable bonds is 57. The number of ether oxygens (including phenoxy) is 3. The molecule has 0 spiro atoms. The van der Waals surface area contributed by atoms with Crippen LogP contribution in [0.15, 0.2) is 170 Å². The van der Waals surface area contributed by atoms with Crippen molar-refractivity contribution in [3.05, 3.63) is 170 Å². The van der Waals surface area contributed by atoms with Gasteiger partial charge in [-0.2, -0.15) is 0 Å². The molecule has 0 bridgehead atoms. The van der Waals surface area contributed by atoms with Crippen LogP contribution in [0, 0.1) is 0 Å². The van der Waals surface area contributed by atoms with Crippen molar-refractivity contribution in [2.75, 3.05) is 13.2 Å². The van der Waals surface area contributed by atoms with Crippen LogP contribution in [0.2, 0.25) is 0 Å². The second-order valence-electron chi connectivity index (χ2n) is 20.9. The normalized spacial score (nSPS) is 13.3. The molecule has 6 nitrogen and oxygen atoms in total. The molecule has 1 unspecified atom stereocenters. The molecule has 0 aromatic rings. The van der Waals surface area contributed by atoms with Gasteiger partial charge in [0.25, 0.3) is 0 Å². The molecule has 0 heterocycles. The molecule has 0 fully saturated rings. The topological polar surface area (TPSA) is 78.9 Å². The number of esters is 3. The van der Waals surface area contributed by atoms with Gasteiger partial charge in [0, 0.05) is 19.3 Å². The quantitative estimate of drug-likeness (QED) is 0.0261. The van der Waals surface area contributed by atoms with E-state index in [1.165, 1.54) is 32.1 Å². The van der Waals surface area contributed by atoms with Crippen LogP contribution >= 0.6 is 0 Å². The molecule has 0 N–H and O–H groups in total. The number of hydrogen-bond donors (Lipinski definition) is 0. The first-order valence-corrected chi connectivity index (χ1v) is 32.6. The van der Waals surface area contributed by atoms with E-state index in [2.05, 4.69) is 191 Å². The average Bonchev–Trinajstić information content (AvgIpc) is 3.47. The first-order valence-electron chi connectivity index (χ1n) is 32.6. The summed E-state index contributed by atoms with van der Waals surface area (Å²) in [6.45, 7) is 6.26. The molecule has 0 rings (SSSR count). The van der Waals surface area contributed by atoms with Crippen LogP contribution in [0.4, 0.5) is 0 Å². The fourth-order valence-electron chi connectivity index (χ4n) is 8.43. The van der Waals surface area contributed by atoms with Gasteiger partial charge in [0.2, 0.25) is 0 Å². The highest BCUT2D eigenvalue weighted by Gasteiger charge is 2.19. The Balaban J connectivity index is 4.34. The Bertz CT molecular complexity index is 1860. The second-order valence-corrected chi connectivity index (χ2v) is 20.9. The molecule has 0 saturated heterocycles. The van der Waals surface area contributed by atoms with E-state index in [0.29, 0.717) is 19.3 Å². The van der Waals surface area contributed by atoms with Gasteiger partial charge in [0.15, 0.2) is 6.10 Å². The summed E-state index contributed by atoms with van der Waals surface area (Å²) in [5.41, 5.74) is 0. The summed E-state index contributed by atoms with van der Waals surface area (Å²) in [7, 11) is 0. The van der Waals surface area contributed by atoms with E-state index in [1.54, 1.807) is 0 Å². The summed E-state index contributed by atoms with van der Waals surface area (Å²) in [5.74, 6) is -0.948. The van der Waals surface area contributed by atoms with E-state index in [1.807, 2.05) is 0 Å². The molecule has 0 aliphatic heterocycles. The zero-order valence-electron chi connectivity index (χ0n) is 52.0. The van der Waals surface area contributed by atoms with Gasteiger partial charge in [-0.3, -0.25) is 14.4 Å². The maximum absolute atomic E-state index is 12.9. The maximum Gasteiger partial charge on any atom is 0.306 e. The minimum Gasteiger partial charge on any atom is -0.462 e. The van der Waals surface area contributed by atoms with Gasteiger partial charge in [-0.05, 0) is 148 Å². The molecule has 81 heavy (non-hydrogen) atoms. The molecule has 0 radical (unpaired) electrons. The lowest BCUT2D eigenvalue weighted by Gasteiger charge is -2.18. The van der Waals surface area contributed by atoms with Crippen molar-refractivity contribution in [1.82, 2.24) is 0 Å². The van der Waals surface area contributed by atoms with Crippen molar-refractivity contribution in [3.8, 4) is 0 Å². The zero-order chi connectivity index (χ0) is 58.5. The Morgan fingerprint density at radius 2 is 0.444 bits per heavy atom. The Kier molecular flexibility index (Phi) is 62.9. The van der Waals surface area contributed by atoms with Crippen molar-refractivity contribution < 1.29 is 28.6 Å². The number of carbonyl (C=O) groups excluding carboxylic acids is 3. The van der Waals surface area contributed by atoms with E-state index < -0.39 is 6.10 Å². The third-order valence-electron chi connectivity index (χ3n) is 13.2. The van der Waals surface area contributed by atoms with Crippen LogP contribution in [0.25, 0.3) is 0 Å². The molecule has 0 aromatic heterocycles. The third kappa shape index (κ3) is 65.5. The lowest BCUT2D eigenvalue weighted by Crippen LogP contribution is -2.30. The monoisotopic (exact) mass is 1110 g/mol. The number of unbranched alkanes of at least 4 members (excludes halogenated alkanes) is 18. The van der Waals surface area contributed by atoms with Crippen LogP contribution in [0.3, 0.4) is 0 Å². The minimum atomic E-state index is -0.807. The van der Waals surface area contributed by atoms with Gasteiger partial charge in [-0.15, -0.1) is 0 Å². The molecule has 1 atom stereocenters. The summed E-state index contributed by atoms with van der Waals surface area (Å²) >= 11 is 0. The molecule has 0 saturated carbocycles. The molecule has 454 valence electrons. The first-order chi connectivity index (χ1) is 40.0. The number of hydrogen-bond acceptors (Lipinski definition) is 6. The lowest BCUT2D eigenvalue weighted by molar-refractivity contribution is -0.167. The van der Waals surface area contributed by atoms with E-state index in [4.69, 9.17) is 14.2 Å². The molecule has 0 aromatic carbocycles. The summed E-state index contributed by atoms with van der Waals surface area (Å²) in [4.78, 5) is 38.3. The Morgan fingerprint density at radius 3 is 0.691 bits per heavy atom. The van der Waals surface area contributed by atoms with Crippen molar-refractivity contribution in [2.45, 2.75) is 271 Å². The highest BCUT2D eigenvalue weighted by molar-refractivity contribution is 5.71. The summed E-state index contributed by atoms with van der Waals surface area (Å²) < 4.78 is 16.9. The summed E-state index contributed by atoms with van der Waals surface area (Å²) in [6, 6.07) is 0. The fourth-order valence-corrected chi connectivity index (χ4v) is 8.43. The third-order valence-corrected chi connectivity index (χ3v) is 13.2. The fraction of sp³-hybridized carbons (Fsp3) is 0.587. The smallest absolute Gasteiger partial charge is 0.306 e. The highest BCUT2D eigenvalue weighted by Crippen LogP contribution is 2.14. The highest BCUT2D eigenvalue weighted by atomic mass is 16.6. The molecule has 0 aliphatic rings. The van der Waals surface area contributed by atoms with Gasteiger partial charge in [-0.25, -0.2) is 0 Å². The van der Waals surface area contributed by atoms with Gasteiger partial charge in [0.1, 0.15) is 13.2 Å². The second kappa shape index (κ2) is 67.3. The maximum atomic E-state index is 12.9. The number of carbonyl (C=O) groups is 3. The van der Waals surface area contributed by atoms with Crippen LogP contribution in [0.5, 0.6) is 0 Å². The van der Waals surface area contributed by atoms with Crippen LogP contribution < -0.4 is 0 Å². The Labute approximate surface area is 498 Å². The summed E-state index contributed by atoms with van der Waals surface area (Å²) in [5, 5.41) is 0. The standard InChI is InChI=1S/C75H118O6/c1-4-7-10-13-16-19-22-25-28-29-30-31-32-33-34-35-36-37-38-39-40-41-42-43-44-45-48-50-53-56-59-62-65-68-74(77)80-71-72(81-75(78)69-66-63-60-57-54-51-47-27-24-21-18-15-12-9-6-3)70-79-73(76)67-64-61-58-55-52-49-46-26-23-20-17-14-11-8-5-2/h7-12,16-21,25-28,30-31,33-34,36-37,39-40,42-43,46-47,72H,4-6,13-15,22-24,29,32,35,38,41,44-45,48-71H2,1-3H3/b10-7-,11-8-,12-9-,19-16-,20-17-,21-18-,28-25-,31-30-,34-33-,37-36-,40-39-,43-42-,46-26-,47-27-. The lowest BCUT2D eigenvalue weighted by atomic mass is 10.1. The van der Waals surface area contributed by atoms with Crippen LogP contribution in [-0.4, -0.2) is 37.2 Å². The Morgan fingerprint density at radius 1 is 0.247 bits per heavy atom. The van der Waals surface area contributed by atoms with Crippen molar-refractivity contribution in [1.29, 1.82) is 0 Å². The minimum absolute atomic E-state index is 0.102. The van der Waals surface area contributed by atoms with Crippen molar-refractivity contribution >= 4 is 17.9 Å². The van der Waals surface area contributed by atoms with Gasteiger partial charge >= 0.3 is 17.9 Å². The Hall–Kier alpha value is -5.23. The first kappa shape index (κ1) is 75.8. The van der Waals surface area contributed by atoms with Crippen LogP contribution in [0.1, 0.15) is 265 Å². The van der Waals surface area contributed by atoms with E-state index in [0.717, 1.165) is 193 Å². The predicted octanol–water partition coefficient (Wildman–Crippen LogP) is 22.7. The molecule has 6 heteroatoms. The molecular weight excluding hydrogens is 997 g/mol. The zero-order valence-corrected chi connectivity index (χ0v) is 52.0.